The molecule has 2 bridgehead atoms. The number of amides is 2. The molecule has 3 aliphatic carbocycles. The fourth-order valence-electron chi connectivity index (χ4n) is 4.99. The summed E-state index contributed by atoms with van der Waals surface area (Å²) in [7, 11) is 0. The Morgan fingerprint density at radius 3 is 2.28 bits per heavy atom. The molecule has 4 atom stereocenters. The van der Waals surface area contributed by atoms with Gasteiger partial charge in [0.1, 0.15) is 0 Å². The van der Waals surface area contributed by atoms with Gasteiger partial charge in [-0.2, -0.15) is 0 Å². The summed E-state index contributed by atoms with van der Waals surface area (Å²) in [5, 5.41) is 6.07. The van der Waals surface area contributed by atoms with Crippen LogP contribution in [0.5, 0.6) is 0 Å². The number of anilines is 1. The number of nitrogens with one attached hydrogen (secondary N) is 2. The average Bonchev–Trinajstić information content (AvgIpc) is 3.33. The van der Waals surface area contributed by atoms with Crippen LogP contribution in [-0.4, -0.2) is 23.9 Å². The number of carbonyl (C=O) groups excluding carboxylic acids is 2. The molecule has 0 heterocycles. The second-order valence-corrected chi connectivity index (χ2v) is 7.96. The van der Waals surface area contributed by atoms with Gasteiger partial charge in [-0.1, -0.05) is 12.8 Å². The van der Waals surface area contributed by atoms with Gasteiger partial charge in [-0.3, -0.25) is 9.59 Å². The lowest BCUT2D eigenvalue weighted by Gasteiger charge is -2.27. The van der Waals surface area contributed by atoms with Crippen LogP contribution in [-0.2, 0) is 4.79 Å². The highest BCUT2D eigenvalue weighted by molar-refractivity contribution is 5.96. The molecule has 134 valence electrons. The number of hydrogen-bond acceptors (Lipinski definition) is 3. The smallest absolute Gasteiger partial charge is 0.251 e. The van der Waals surface area contributed by atoms with Gasteiger partial charge in [-0.05, 0) is 68.2 Å². The lowest BCUT2D eigenvalue weighted by atomic mass is 9.84. The summed E-state index contributed by atoms with van der Waals surface area (Å²) in [5.41, 5.74) is 7.62. The highest BCUT2D eigenvalue weighted by Gasteiger charge is 2.49. The van der Waals surface area contributed by atoms with Crippen molar-refractivity contribution < 1.29 is 9.59 Å². The van der Waals surface area contributed by atoms with E-state index < -0.39 is 0 Å². The monoisotopic (exact) mass is 341 g/mol. The second-order valence-electron chi connectivity index (χ2n) is 7.96. The molecule has 0 saturated heterocycles. The van der Waals surface area contributed by atoms with Crippen molar-refractivity contribution in [2.24, 2.45) is 23.5 Å². The Balaban J connectivity index is 1.35. The largest absolute Gasteiger partial charge is 0.349 e. The first kappa shape index (κ1) is 16.6. The summed E-state index contributed by atoms with van der Waals surface area (Å²) in [6, 6.07) is 7.48. The highest BCUT2D eigenvalue weighted by Crippen LogP contribution is 2.47. The number of carbonyl (C=O) groups is 2. The third-order valence-electron chi connectivity index (χ3n) is 6.39. The number of rotatable bonds is 4. The van der Waals surface area contributed by atoms with Crippen molar-refractivity contribution in [3.05, 3.63) is 29.8 Å². The molecular weight excluding hydrogens is 314 g/mol. The third-order valence-corrected chi connectivity index (χ3v) is 6.39. The standard InChI is InChI=1S/C20H27N3O2/c21-18-14-6-5-13(11-14)17(18)20(25)23-16-9-7-12(8-10-16)19(24)22-15-3-1-2-4-15/h7-10,13-15,17-18H,1-6,11,21H2,(H,22,24)(H,23,25). The van der Waals surface area contributed by atoms with E-state index in [9.17, 15) is 9.59 Å². The maximum atomic E-state index is 12.6. The predicted molar refractivity (Wildman–Crippen MR) is 97.1 cm³/mol. The van der Waals surface area contributed by atoms with Crippen LogP contribution in [0.15, 0.2) is 24.3 Å². The van der Waals surface area contributed by atoms with E-state index in [0.29, 0.717) is 23.4 Å². The fraction of sp³-hybridized carbons (Fsp3) is 0.600. The van der Waals surface area contributed by atoms with Crippen molar-refractivity contribution in [2.75, 3.05) is 5.32 Å². The molecule has 0 spiro atoms. The van der Waals surface area contributed by atoms with Gasteiger partial charge in [-0.15, -0.1) is 0 Å². The minimum Gasteiger partial charge on any atom is -0.349 e. The van der Waals surface area contributed by atoms with Crippen LogP contribution in [0.1, 0.15) is 55.3 Å². The second kappa shape index (κ2) is 6.79. The van der Waals surface area contributed by atoms with Gasteiger partial charge in [0.25, 0.3) is 5.91 Å². The molecule has 1 aromatic rings. The summed E-state index contributed by atoms with van der Waals surface area (Å²) in [5.74, 6) is 0.894. The van der Waals surface area contributed by atoms with E-state index in [0.717, 1.165) is 31.4 Å². The Labute approximate surface area is 148 Å². The Morgan fingerprint density at radius 1 is 0.960 bits per heavy atom. The zero-order valence-corrected chi connectivity index (χ0v) is 14.5. The molecule has 5 heteroatoms. The summed E-state index contributed by atoms with van der Waals surface area (Å²) in [4.78, 5) is 24.9. The van der Waals surface area contributed by atoms with Crippen LogP contribution in [0.4, 0.5) is 5.69 Å². The molecule has 0 aromatic heterocycles. The number of nitrogens with two attached hydrogens (primary N) is 1. The first-order valence-corrected chi connectivity index (χ1v) is 9.59. The summed E-state index contributed by atoms with van der Waals surface area (Å²) < 4.78 is 0. The molecule has 3 aliphatic rings. The van der Waals surface area contributed by atoms with E-state index in [1.54, 1.807) is 24.3 Å². The molecule has 4 unspecified atom stereocenters. The normalized spacial score (nSPS) is 31.2. The maximum absolute atomic E-state index is 12.6. The van der Waals surface area contributed by atoms with Gasteiger partial charge >= 0.3 is 0 Å². The van der Waals surface area contributed by atoms with Gasteiger partial charge in [0.2, 0.25) is 5.91 Å². The van der Waals surface area contributed by atoms with Crippen molar-refractivity contribution in [3.63, 3.8) is 0 Å². The van der Waals surface area contributed by atoms with Crippen LogP contribution < -0.4 is 16.4 Å². The van der Waals surface area contributed by atoms with E-state index in [-0.39, 0.29) is 23.8 Å². The molecule has 25 heavy (non-hydrogen) atoms. The van der Waals surface area contributed by atoms with Crippen LogP contribution in [0, 0.1) is 17.8 Å². The molecule has 0 radical (unpaired) electrons. The summed E-state index contributed by atoms with van der Waals surface area (Å²) >= 11 is 0. The molecular formula is C20H27N3O2. The van der Waals surface area contributed by atoms with Crippen molar-refractivity contribution in [2.45, 2.75) is 57.0 Å². The fourth-order valence-corrected chi connectivity index (χ4v) is 4.99. The molecule has 3 saturated carbocycles. The van der Waals surface area contributed by atoms with Gasteiger partial charge < -0.3 is 16.4 Å². The van der Waals surface area contributed by atoms with Crippen molar-refractivity contribution >= 4 is 17.5 Å². The molecule has 0 aliphatic heterocycles. The summed E-state index contributed by atoms with van der Waals surface area (Å²) in [6.07, 6.45) is 7.92. The maximum Gasteiger partial charge on any atom is 0.251 e. The van der Waals surface area contributed by atoms with Crippen molar-refractivity contribution in [1.82, 2.24) is 5.32 Å². The van der Waals surface area contributed by atoms with Crippen LogP contribution in [0.2, 0.25) is 0 Å². The zero-order chi connectivity index (χ0) is 17.4. The number of hydrogen-bond donors (Lipinski definition) is 3. The van der Waals surface area contributed by atoms with Gasteiger partial charge in [0, 0.05) is 23.3 Å². The zero-order valence-electron chi connectivity index (χ0n) is 14.5. The van der Waals surface area contributed by atoms with Crippen molar-refractivity contribution in [3.8, 4) is 0 Å². The average molecular weight is 341 g/mol. The van der Waals surface area contributed by atoms with Gasteiger partial charge in [0.15, 0.2) is 0 Å². The topological polar surface area (TPSA) is 84.2 Å². The van der Waals surface area contributed by atoms with E-state index in [2.05, 4.69) is 10.6 Å². The molecule has 4 rings (SSSR count). The molecule has 3 fully saturated rings. The minimum absolute atomic E-state index is 0.00443. The molecule has 5 nitrogen and oxygen atoms in total. The third kappa shape index (κ3) is 3.30. The quantitative estimate of drug-likeness (QED) is 0.787. The summed E-state index contributed by atoms with van der Waals surface area (Å²) in [6.45, 7) is 0. The SMILES string of the molecule is NC1C2CCC(C2)C1C(=O)Nc1ccc(C(=O)NC2CCCC2)cc1. The van der Waals surface area contributed by atoms with E-state index in [1.165, 1.54) is 19.3 Å². The van der Waals surface area contributed by atoms with E-state index >= 15 is 0 Å². The van der Waals surface area contributed by atoms with E-state index in [4.69, 9.17) is 5.73 Å². The molecule has 1 aromatic carbocycles. The van der Waals surface area contributed by atoms with E-state index in [1.807, 2.05) is 0 Å². The number of benzene rings is 1. The Hall–Kier alpha value is -1.88. The first-order chi connectivity index (χ1) is 12.1. The molecule has 4 N–H and O–H groups in total. The van der Waals surface area contributed by atoms with Crippen LogP contribution >= 0.6 is 0 Å². The Bertz CT molecular complexity index is 649. The first-order valence-electron chi connectivity index (χ1n) is 9.59. The van der Waals surface area contributed by atoms with Crippen LogP contribution in [0.25, 0.3) is 0 Å². The number of fused-ring (bicyclic) bond motifs is 2. The Morgan fingerprint density at radius 2 is 1.64 bits per heavy atom. The van der Waals surface area contributed by atoms with Crippen LogP contribution in [0.3, 0.4) is 0 Å². The Kier molecular flexibility index (Phi) is 4.50. The molecule has 2 amide bonds. The minimum atomic E-state index is -0.0657. The van der Waals surface area contributed by atoms with Gasteiger partial charge in [0.05, 0.1) is 5.92 Å². The highest BCUT2D eigenvalue weighted by atomic mass is 16.2. The lowest BCUT2D eigenvalue weighted by molar-refractivity contribution is -0.121. The van der Waals surface area contributed by atoms with Gasteiger partial charge in [-0.25, -0.2) is 0 Å². The lowest BCUT2D eigenvalue weighted by Crippen LogP contribution is -2.42. The predicted octanol–water partition coefficient (Wildman–Crippen LogP) is 2.67. The van der Waals surface area contributed by atoms with Crippen molar-refractivity contribution in [1.29, 1.82) is 0 Å².